The molecule has 0 spiro atoms. The van der Waals surface area contributed by atoms with Crippen molar-refractivity contribution in [3.05, 3.63) is 69.3 Å². The van der Waals surface area contributed by atoms with Gasteiger partial charge in [-0.15, -0.1) is 11.3 Å². The molecule has 1 heterocycles. The van der Waals surface area contributed by atoms with E-state index in [-0.39, 0.29) is 15.2 Å². The molecule has 1 saturated carbocycles. The summed E-state index contributed by atoms with van der Waals surface area (Å²) in [5.74, 6) is -4.82. The van der Waals surface area contributed by atoms with Gasteiger partial charge in [-0.2, -0.15) is 21.6 Å². The standard InChI is InChI=1S/C23H21ClF4N4O4S2/c1-31(2)11-14-5-3-4-6-15(14)22(7-8-22)30-18-10-17(25)19(9-16(18)24)38(34,35)32(20-12-37-13-29-20)36-21(33)23(26,27)28/h3-6,9-10,12-13,30H,7-8,11H2,1-2H3. The number of alkyl halides is 3. The van der Waals surface area contributed by atoms with E-state index in [0.29, 0.717) is 19.4 Å². The summed E-state index contributed by atoms with van der Waals surface area (Å²) in [4.78, 5) is 20.0. The third-order valence-electron chi connectivity index (χ3n) is 5.66. The topological polar surface area (TPSA) is 91.8 Å². The van der Waals surface area contributed by atoms with E-state index in [9.17, 15) is 26.4 Å². The number of halogens is 5. The monoisotopic (exact) mass is 592 g/mol. The fourth-order valence-corrected chi connectivity index (χ4v) is 5.98. The van der Waals surface area contributed by atoms with E-state index in [1.165, 1.54) is 0 Å². The maximum Gasteiger partial charge on any atom is 0.493 e. The molecule has 0 aliphatic heterocycles. The van der Waals surface area contributed by atoms with Crippen LogP contribution in [0.2, 0.25) is 5.02 Å². The third kappa shape index (κ3) is 5.72. The van der Waals surface area contributed by atoms with Gasteiger partial charge >= 0.3 is 12.1 Å². The van der Waals surface area contributed by atoms with Crippen LogP contribution in [0, 0.1) is 5.82 Å². The molecule has 0 unspecified atom stereocenters. The summed E-state index contributed by atoms with van der Waals surface area (Å²) in [6.07, 6.45) is -4.10. The van der Waals surface area contributed by atoms with Gasteiger partial charge < -0.3 is 15.1 Å². The highest BCUT2D eigenvalue weighted by Gasteiger charge is 2.47. The van der Waals surface area contributed by atoms with Crippen molar-refractivity contribution >= 4 is 50.4 Å². The molecule has 204 valence electrons. The summed E-state index contributed by atoms with van der Waals surface area (Å²) < 4.78 is 79.7. The molecule has 38 heavy (non-hydrogen) atoms. The lowest BCUT2D eigenvalue weighted by Gasteiger charge is -2.25. The van der Waals surface area contributed by atoms with E-state index >= 15 is 4.39 Å². The van der Waals surface area contributed by atoms with E-state index in [1.54, 1.807) is 0 Å². The average molecular weight is 593 g/mol. The molecule has 0 bridgehead atoms. The zero-order valence-electron chi connectivity index (χ0n) is 19.9. The zero-order valence-corrected chi connectivity index (χ0v) is 22.3. The SMILES string of the molecule is CN(C)Cc1ccccc1C1(Nc2cc(F)c(S(=O)(=O)N(OC(=O)C(F)(F)F)c3cscn3)cc2Cl)CC1. The van der Waals surface area contributed by atoms with E-state index in [2.05, 4.69) is 15.1 Å². The first-order valence-electron chi connectivity index (χ1n) is 11.0. The Morgan fingerprint density at radius 3 is 2.50 bits per heavy atom. The molecule has 15 heteroatoms. The average Bonchev–Trinajstić information content (AvgIpc) is 3.40. The number of rotatable bonds is 9. The summed E-state index contributed by atoms with van der Waals surface area (Å²) in [5.41, 5.74) is 2.66. The molecule has 8 nitrogen and oxygen atoms in total. The van der Waals surface area contributed by atoms with Crippen LogP contribution >= 0.6 is 22.9 Å². The van der Waals surface area contributed by atoms with Crippen molar-refractivity contribution < 1.29 is 35.6 Å². The maximum atomic E-state index is 15.3. The number of aromatic nitrogens is 1. The van der Waals surface area contributed by atoms with E-state index in [1.807, 2.05) is 43.3 Å². The Labute approximate surface area is 224 Å². The lowest BCUT2D eigenvalue weighted by molar-refractivity contribution is -0.199. The van der Waals surface area contributed by atoms with Gasteiger partial charge in [-0.25, -0.2) is 14.2 Å². The van der Waals surface area contributed by atoms with Crippen LogP contribution < -0.4 is 9.79 Å². The number of nitrogens with one attached hydrogen (secondary N) is 1. The van der Waals surface area contributed by atoms with Crippen LogP contribution in [0.1, 0.15) is 24.0 Å². The van der Waals surface area contributed by atoms with Crippen molar-refractivity contribution in [2.24, 2.45) is 0 Å². The van der Waals surface area contributed by atoms with E-state index < -0.39 is 44.2 Å². The number of sulfonamides is 1. The zero-order chi connectivity index (χ0) is 27.9. The first-order chi connectivity index (χ1) is 17.7. The number of nitrogens with zero attached hydrogens (tertiary/aromatic N) is 3. The van der Waals surface area contributed by atoms with Crippen LogP contribution in [0.4, 0.5) is 29.1 Å². The summed E-state index contributed by atoms with van der Waals surface area (Å²) in [6.45, 7) is 0.655. The number of hydrogen-bond donors (Lipinski definition) is 1. The minimum atomic E-state index is -5.52. The lowest BCUT2D eigenvalue weighted by Crippen LogP contribution is -2.39. The predicted molar refractivity (Wildman–Crippen MR) is 134 cm³/mol. The van der Waals surface area contributed by atoms with Gasteiger partial charge in [0.05, 0.1) is 21.8 Å². The van der Waals surface area contributed by atoms with Gasteiger partial charge in [0.1, 0.15) is 10.7 Å². The highest BCUT2D eigenvalue weighted by Crippen LogP contribution is 2.50. The number of benzene rings is 2. The molecule has 1 aliphatic rings. The molecule has 0 radical (unpaired) electrons. The van der Waals surface area contributed by atoms with Gasteiger partial charge in [-0.3, -0.25) is 0 Å². The Bertz CT molecular complexity index is 1450. The van der Waals surface area contributed by atoms with Crippen LogP contribution in [0.25, 0.3) is 0 Å². The second kappa shape index (κ2) is 10.3. The maximum absolute atomic E-state index is 15.3. The fourth-order valence-electron chi connectivity index (χ4n) is 3.86. The van der Waals surface area contributed by atoms with Crippen molar-refractivity contribution in [1.29, 1.82) is 0 Å². The van der Waals surface area contributed by atoms with Gasteiger partial charge in [0.15, 0.2) is 5.82 Å². The highest BCUT2D eigenvalue weighted by molar-refractivity contribution is 7.92. The summed E-state index contributed by atoms with van der Waals surface area (Å²) >= 11 is 7.16. The Balaban J connectivity index is 1.68. The molecule has 3 aromatic rings. The largest absolute Gasteiger partial charge is 0.493 e. The second-order valence-corrected chi connectivity index (χ2v) is 11.7. The Kier molecular flexibility index (Phi) is 7.63. The number of thiazole rings is 1. The minimum Gasteiger partial charge on any atom is -0.374 e. The van der Waals surface area contributed by atoms with Gasteiger partial charge in [0.2, 0.25) is 0 Å². The van der Waals surface area contributed by atoms with Crippen molar-refractivity contribution in [2.45, 2.75) is 36.0 Å². The summed E-state index contributed by atoms with van der Waals surface area (Å²) in [5, 5.41) is 4.02. The van der Waals surface area contributed by atoms with Crippen molar-refractivity contribution in [2.75, 3.05) is 23.9 Å². The summed E-state index contributed by atoms with van der Waals surface area (Å²) in [6, 6.07) is 9.30. The number of hydrogen-bond acceptors (Lipinski definition) is 8. The van der Waals surface area contributed by atoms with Crippen LogP contribution in [0.15, 0.2) is 52.2 Å². The third-order valence-corrected chi connectivity index (χ3v) is 8.12. The predicted octanol–water partition coefficient (Wildman–Crippen LogP) is 5.31. The van der Waals surface area contributed by atoms with Gasteiger partial charge in [-0.05, 0) is 50.2 Å². The molecule has 0 atom stereocenters. The molecule has 1 aliphatic carbocycles. The minimum absolute atomic E-state index is 0.0905. The fraction of sp³-hybridized carbons (Fsp3) is 0.304. The van der Waals surface area contributed by atoms with E-state index in [0.717, 1.165) is 45.5 Å². The molecule has 0 saturated heterocycles. The van der Waals surface area contributed by atoms with Crippen molar-refractivity contribution in [3.8, 4) is 0 Å². The van der Waals surface area contributed by atoms with Crippen molar-refractivity contribution in [3.63, 3.8) is 0 Å². The molecule has 1 N–H and O–H groups in total. The number of anilines is 2. The molecule has 1 aromatic heterocycles. The quantitative estimate of drug-likeness (QED) is 0.266. The molecule has 0 amide bonds. The van der Waals surface area contributed by atoms with Crippen LogP contribution in [-0.4, -0.2) is 44.5 Å². The number of carbonyl (C=O) groups is 1. The lowest BCUT2D eigenvalue weighted by atomic mass is 9.97. The smallest absolute Gasteiger partial charge is 0.374 e. The first kappa shape index (κ1) is 28.1. The summed E-state index contributed by atoms with van der Waals surface area (Å²) in [7, 11) is -1.35. The second-order valence-electron chi connectivity index (χ2n) is 8.82. The van der Waals surface area contributed by atoms with Crippen LogP contribution in [0.5, 0.6) is 0 Å². The highest BCUT2D eigenvalue weighted by atomic mass is 35.5. The molecule has 4 rings (SSSR count). The van der Waals surface area contributed by atoms with Crippen LogP contribution in [-0.2, 0) is 31.7 Å². The molecule has 1 fully saturated rings. The first-order valence-corrected chi connectivity index (χ1v) is 13.7. The Morgan fingerprint density at radius 2 is 1.92 bits per heavy atom. The Morgan fingerprint density at radius 1 is 1.24 bits per heavy atom. The molecular formula is C23H21ClF4N4O4S2. The molecular weight excluding hydrogens is 572 g/mol. The normalized spacial score (nSPS) is 14.8. The molecule has 2 aromatic carbocycles. The van der Waals surface area contributed by atoms with Gasteiger partial charge in [-0.1, -0.05) is 40.3 Å². The Hall–Kier alpha value is -2.94. The van der Waals surface area contributed by atoms with Crippen LogP contribution in [0.3, 0.4) is 0 Å². The van der Waals surface area contributed by atoms with E-state index in [4.69, 9.17) is 11.6 Å². The van der Waals surface area contributed by atoms with Crippen molar-refractivity contribution in [1.82, 2.24) is 9.88 Å². The van der Waals surface area contributed by atoms with Gasteiger partial charge in [0, 0.05) is 11.9 Å². The van der Waals surface area contributed by atoms with Gasteiger partial charge in [0.25, 0.3) is 10.0 Å². The number of carbonyl (C=O) groups excluding carboxylic acids is 1.